The van der Waals surface area contributed by atoms with Crippen LogP contribution in [0, 0.1) is 0 Å². The summed E-state index contributed by atoms with van der Waals surface area (Å²) in [4.78, 5) is 12.2. The van der Waals surface area contributed by atoms with Gasteiger partial charge in [0.1, 0.15) is 0 Å². The van der Waals surface area contributed by atoms with Crippen molar-refractivity contribution in [1.29, 1.82) is 0 Å². The van der Waals surface area contributed by atoms with Gasteiger partial charge in [0, 0.05) is 17.4 Å². The Balaban J connectivity index is 1.44. The van der Waals surface area contributed by atoms with E-state index in [1.165, 1.54) is 30.3 Å². The van der Waals surface area contributed by atoms with E-state index in [0.29, 0.717) is 17.5 Å². The Morgan fingerprint density at radius 2 is 1.73 bits per heavy atom. The Hall–Kier alpha value is -3.93. The fourth-order valence-corrected chi connectivity index (χ4v) is 4.08. The molecule has 0 saturated carbocycles. The van der Waals surface area contributed by atoms with Crippen molar-refractivity contribution in [3.63, 3.8) is 0 Å². The summed E-state index contributed by atoms with van der Waals surface area (Å²) in [5, 5.41) is 10.7. The number of carbonyl (C=O) groups excluding carboxylic acids is 1. The standard InChI is InChI=1S/C21H16F3N5O3S/c22-21(23,24)15-4-3-5-16(12-15)28-33(31,32)17-9-7-14(8-10-17)20(30)25-13-19-27-26-18-6-1-2-11-29(18)19/h1-12,28H,13H2,(H,25,30). The lowest BCUT2D eigenvalue weighted by Crippen LogP contribution is -2.24. The molecule has 12 heteroatoms. The van der Waals surface area contributed by atoms with Gasteiger partial charge in [0.25, 0.3) is 15.9 Å². The van der Waals surface area contributed by atoms with E-state index >= 15 is 0 Å². The molecule has 4 rings (SSSR count). The zero-order valence-electron chi connectivity index (χ0n) is 16.7. The van der Waals surface area contributed by atoms with Gasteiger partial charge in [-0.25, -0.2) is 8.42 Å². The van der Waals surface area contributed by atoms with Gasteiger partial charge < -0.3 is 5.32 Å². The van der Waals surface area contributed by atoms with E-state index < -0.39 is 27.7 Å². The molecule has 2 aromatic carbocycles. The van der Waals surface area contributed by atoms with Gasteiger partial charge in [-0.05, 0) is 54.6 Å². The number of amides is 1. The predicted molar refractivity (Wildman–Crippen MR) is 113 cm³/mol. The lowest BCUT2D eigenvalue weighted by molar-refractivity contribution is -0.137. The minimum atomic E-state index is -4.60. The average Bonchev–Trinajstić information content (AvgIpc) is 3.20. The summed E-state index contributed by atoms with van der Waals surface area (Å²) in [5.41, 5.74) is -0.381. The molecular formula is C21H16F3N5O3S. The Bertz CT molecular complexity index is 1420. The van der Waals surface area contributed by atoms with Crippen LogP contribution in [0.25, 0.3) is 5.65 Å². The van der Waals surface area contributed by atoms with E-state index in [2.05, 4.69) is 20.2 Å². The van der Waals surface area contributed by atoms with Crippen LogP contribution in [0.2, 0.25) is 0 Å². The highest BCUT2D eigenvalue weighted by Crippen LogP contribution is 2.31. The first-order chi connectivity index (χ1) is 15.6. The van der Waals surface area contributed by atoms with Gasteiger partial charge in [-0.2, -0.15) is 13.2 Å². The molecule has 0 atom stereocenters. The number of anilines is 1. The maximum Gasteiger partial charge on any atom is 0.416 e. The van der Waals surface area contributed by atoms with Crippen LogP contribution >= 0.6 is 0 Å². The molecule has 0 aliphatic heterocycles. The molecule has 2 N–H and O–H groups in total. The molecule has 33 heavy (non-hydrogen) atoms. The average molecular weight is 475 g/mol. The van der Waals surface area contributed by atoms with E-state index in [0.717, 1.165) is 12.1 Å². The number of pyridine rings is 1. The lowest BCUT2D eigenvalue weighted by Gasteiger charge is -2.11. The summed E-state index contributed by atoms with van der Waals surface area (Å²) in [6.07, 6.45) is -2.84. The van der Waals surface area contributed by atoms with Crippen LogP contribution in [-0.2, 0) is 22.7 Å². The molecule has 0 saturated heterocycles. The second-order valence-electron chi connectivity index (χ2n) is 6.94. The third-order valence-electron chi connectivity index (χ3n) is 4.66. The zero-order valence-corrected chi connectivity index (χ0v) is 17.6. The van der Waals surface area contributed by atoms with Crippen LogP contribution in [0.4, 0.5) is 18.9 Å². The number of hydrogen-bond donors (Lipinski definition) is 2. The topological polar surface area (TPSA) is 105 Å². The fraction of sp³-hybridized carbons (Fsp3) is 0.0952. The molecule has 170 valence electrons. The number of sulfonamides is 1. The Labute approximate surface area is 186 Å². The van der Waals surface area contributed by atoms with Gasteiger partial charge in [-0.1, -0.05) is 12.1 Å². The fourth-order valence-electron chi connectivity index (χ4n) is 3.03. The van der Waals surface area contributed by atoms with Crippen LogP contribution in [0.3, 0.4) is 0 Å². The number of aromatic nitrogens is 3. The van der Waals surface area contributed by atoms with E-state index in [-0.39, 0.29) is 22.7 Å². The first-order valence-electron chi connectivity index (χ1n) is 9.50. The number of alkyl halides is 3. The minimum absolute atomic E-state index is 0.0984. The van der Waals surface area contributed by atoms with Gasteiger partial charge in [0.2, 0.25) is 0 Å². The van der Waals surface area contributed by atoms with E-state index in [9.17, 15) is 26.4 Å². The van der Waals surface area contributed by atoms with Crippen molar-refractivity contribution in [1.82, 2.24) is 19.9 Å². The number of nitrogens with one attached hydrogen (secondary N) is 2. The number of fused-ring (bicyclic) bond motifs is 1. The van der Waals surface area contributed by atoms with Crippen molar-refractivity contribution < 1.29 is 26.4 Å². The van der Waals surface area contributed by atoms with Crippen molar-refractivity contribution in [2.24, 2.45) is 0 Å². The van der Waals surface area contributed by atoms with Gasteiger partial charge in [0.15, 0.2) is 11.5 Å². The Morgan fingerprint density at radius 3 is 2.45 bits per heavy atom. The second kappa shape index (κ2) is 8.54. The highest BCUT2D eigenvalue weighted by molar-refractivity contribution is 7.92. The van der Waals surface area contributed by atoms with Crippen molar-refractivity contribution in [3.05, 3.63) is 89.9 Å². The molecule has 2 heterocycles. The monoisotopic (exact) mass is 475 g/mol. The largest absolute Gasteiger partial charge is 0.416 e. The van der Waals surface area contributed by atoms with Gasteiger partial charge >= 0.3 is 6.18 Å². The van der Waals surface area contributed by atoms with Crippen LogP contribution in [-0.4, -0.2) is 28.9 Å². The third kappa shape index (κ3) is 4.95. The maximum absolute atomic E-state index is 12.8. The van der Waals surface area contributed by atoms with Crippen molar-refractivity contribution in [2.45, 2.75) is 17.6 Å². The van der Waals surface area contributed by atoms with Gasteiger partial charge in [-0.3, -0.25) is 13.9 Å². The van der Waals surface area contributed by atoms with Crippen molar-refractivity contribution in [3.8, 4) is 0 Å². The summed E-state index contributed by atoms with van der Waals surface area (Å²) < 4.78 is 67.5. The molecule has 4 aromatic rings. The minimum Gasteiger partial charge on any atom is -0.345 e. The quantitative estimate of drug-likeness (QED) is 0.444. The first kappa shape index (κ1) is 22.3. The molecule has 8 nitrogen and oxygen atoms in total. The van der Waals surface area contributed by atoms with E-state index in [1.54, 1.807) is 22.7 Å². The predicted octanol–water partition coefficient (Wildman–Crippen LogP) is 3.48. The number of rotatable bonds is 6. The molecule has 0 aliphatic carbocycles. The smallest absolute Gasteiger partial charge is 0.345 e. The maximum atomic E-state index is 12.8. The van der Waals surface area contributed by atoms with Crippen LogP contribution in [0.1, 0.15) is 21.7 Å². The van der Waals surface area contributed by atoms with Gasteiger partial charge in [-0.15, -0.1) is 10.2 Å². The summed E-state index contributed by atoms with van der Waals surface area (Å²) >= 11 is 0. The SMILES string of the molecule is O=C(NCc1nnc2ccccn12)c1ccc(S(=O)(=O)Nc2cccc(C(F)(F)F)c2)cc1. The number of halogens is 3. The van der Waals surface area contributed by atoms with E-state index in [1.807, 2.05) is 6.07 Å². The summed E-state index contributed by atoms with van der Waals surface area (Å²) in [6, 6.07) is 14.2. The number of benzene rings is 2. The molecule has 1 amide bonds. The van der Waals surface area contributed by atoms with Crippen molar-refractivity contribution >= 4 is 27.3 Å². The van der Waals surface area contributed by atoms with Crippen LogP contribution < -0.4 is 10.0 Å². The molecule has 2 aromatic heterocycles. The zero-order chi connectivity index (χ0) is 23.6. The Kier molecular flexibility index (Phi) is 5.77. The number of hydrogen-bond acceptors (Lipinski definition) is 5. The molecule has 0 unspecified atom stereocenters. The first-order valence-corrected chi connectivity index (χ1v) is 11.0. The molecule has 0 spiro atoms. The highest BCUT2D eigenvalue weighted by Gasteiger charge is 2.30. The van der Waals surface area contributed by atoms with Gasteiger partial charge in [0.05, 0.1) is 17.0 Å². The molecular weight excluding hydrogens is 459 g/mol. The third-order valence-corrected chi connectivity index (χ3v) is 6.06. The van der Waals surface area contributed by atoms with E-state index in [4.69, 9.17) is 0 Å². The summed E-state index contributed by atoms with van der Waals surface area (Å²) in [7, 11) is -4.16. The molecule has 0 radical (unpaired) electrons. The number of nitrogens with zero attached hydrogens (tertiary/aromatic N) is 3. The summed E-state index contributed by atoms with van der Waals surface area (Å²) in [5.74, 6) is 0.0564. The Morgan fingerprint density at radius 1 is 0.970 bits per heavy atom. The highest BCUT2D eigenvalue weighted by atomic mass is 32.2. The normalized spacial score (nSPS) is 12.0. The molecule has 0 aliphatic rings. The summed E-state index contributed by atoms with van der Waals surface area (Å²) in [6.45, 7) is 0.0984. The van der Waals surface area contributed by atoms with Crippen LogP contribution in [0.15, 0.2) is 77.8 Å². The molecule has 0 fully saturated rings. The number of carbonyl (C=O) groups is 1. The lowest BCUT2D eigenvalue weighted by atomic mass is 10.2. The second-order valence-corrected chi connectivity index (χ2v) is 8.62. The van der Waals surface area contributed by atoms with Crippen LogP contribution in [0.5, 0.6) is 0 Å². The van der Waals surface area contributed by atoms with Crippen molar-refractivity contribution in [2.75, 3.05) is 4.72 Å². The molecule has 0 bridgehead atoms.